The normalized spacial score (nSPS) is 15.3. The molecular weight excluding hydrogens is 424 g/mol. The summed E-state index contributed by atoms with van der Waals surface area (Å²) in [5.74, 6) is 2.54. The van der Waals surface area contributed by atoms with Crippen molar-refractivity contribution in [1.82, 2.24) is 14.8 Å². The number of nitrogens with one attached hydrogen (secondary N) is 1. The molecule has 1 aromatic heterocycles. The van der Waals surface area contributed by atoms with Crippen LogP contribution in [0.1, 0.15) is 36.4 Å². The van der Waals surface area contributed by atoms with Gasteiger partial charge in [0.1, 0.15) is 0 Å². The number of aryl methyl sites for hydroxylation is 2. The fraction of sp³-hybridized carbons (Fsp3) is 0.375. The number of nitrogens with zero attached hydrogens (tertiary/aromatic N) is 3. The Hall–Kier alpha value is -3.00. The molecule has 1 fully saturated rings. The van der Waals surface area contributed by atoms with Crippen LogP contribution in [-0.2, 0) is 4.79 Å². The third-order valence-corrected chi connectivity index (χ3v) is 6.52. The summed E-state index contributed by atoms with van der Waals surface area (Å²) in [5.41, 5.74) is 3.96. The Morgan fingerprint density at radius 1 is 1.09 bits per heavy atom. The van der Waals surface area contributed by atoms with E-state index in [4.69, 9.17) is 9.47 Å². The number of anilines is 1. The van der Waals surface area contributed by atoms with Crippen molar-refractivity contribution in [3.8, 4) is 22.9 Å². The molecule has 2 aliphatic rings. The maximum atomic E-state index is 12.6. The minimum atomic E-state index is -0.0498. The Balaban J connectivity index is 1.33. The van der Waals surface area contributed by atoms with Crippen LogP contribution in [0.2, 0.25) is 0 Å². The number of hydrogen-bond donors (Lipinski definition) is 1. The summed E-state index contributed by atoms with van der Waals surface area (Å²) in [5, 5.41) is 12.7. The summed E-state index contributed by atoms with van der Waals surface area (Å²) < 4.78 is 13.8. The van der Waals surface area contributed by atoms with Crippen molar-refractivity contribution in [2.24, 2.45) is 0 Å². The number of rotatable bonds is 6. The second-order valence-electron chi connectivity index (χ2n) is 8.27. The molecule has 5 rings (SSSR count). The van der Waals surface area contributed by atoms with Crippen LogP contribution in [-0.4, -0.2) is 39.6 Å². The number of ether oxygens (including phenoxy) is 2. The second-order valence-corrected chi connectivity index (χ2v) is 9.22. The Kier molecular flexibility index (Phi) is 5.78. The van der Waals surface area contributed by atoms with Gasteiger partial charge in [0, 0.05) is 23.7 Å². The lowest BCUT2D eigenvalue weighted by atomic mass is 10.1. The molecule has 2 aromatic carbocycles. The molecule has 1 amide bonds. The van der Waals surface area contributed by atoms with E-state index in [9.17, 15) is 4.79 Å². The van der Waals surface area contributed by atoms with Crippen molar-refractivity contribution >= 4 is 23.4 Å². The molecule has 1 aliphatic heterocycles. The SMILES string of the molecule is Cc1ccc(C)c(NC(=O)CSc2nnc(-c3ccc4c(c3)OCCCO4)n2C2CC2)c1. The van der Waals surface area contributed by atoms with Gasteiger partial charge in [-0.1, -0.05) is 23.9 Å². The van der Waals surface area contributed by atoms with E-state index in [1.807, 2.05) is 50.2 Å². The Labute approximate surface area is 191 Å². The molecule has 3 aromatic rings. The van der Waals surface area contributed by atoms with Crippen molar-refractivity contribution in [2.75, 3.05) is 24.3 Å². The average Bonchev–Trinajstić information content (AvgIpc) is 3.58. The standard InChI is InChI=1S/C24H26N4O3S/c1-15-4-5-16(2)19(12-15)25-22(29)14-32-24-27-26-23(28(24)18-7-8-18)17-6-9-20-21(13-17)31-11-3-10-30-20/h4-6,9,12-13,18H,3,7-8,10-11,14H2,1-2H3,(H,25,29). The molecule has 1 N–H and O–H groups in total. The quantitative estimate of drug-likeness (QED) is 0.544. The lowest BCUT2D eigenvalue weighted by Crippen LogP contribution is -2.15. The molecule has 0 spiro atoms. The topological polar surface area (TPSA) is 78.3 Å². The average molecular weight is 451 g/mol. The highest BCUT2D eigenvalue weighted by Crippen LogP contribution is 2.42. The fourth-order valence-electron chi connectivity index (χ4n) is 3.72. The summed E-state index contributed by atoms with van der Waals surface area (Å²) in [6.45, 7) is 5.31. The Morgan fingerprint density at radius 3 is 2.72 bits per heavy atom. The molecule has 1 aliphatic carbocycles. The van der Waals surface area contributed by atoms with Gasteiger partial charge in [-0.2, -0.15) is 0 Å². The lowest BCUT2D eigenvalue weighted by Gasteiger charge is -2.12. The fourth-order valence-corrected chi connectivity index (χ4v) is 4.53. The van der Waals surface area contributed by atoms with E-state index in [1.165, 1.54) is 11.8 Å². The molecule has 0 radical (unpaired) electrons. The van der Waals surface area contributed by atoms with Crippen LogP contribution in [0.15, 0.2) is 41.6 Å². The number of aromatic nitrogens is 3. The summed E-state index contributed by atoms with van der Waals surface area (Å²) in [6, 6.07) is 12.3. The monoisotopic (exact) mass is 450 g/mol. The summed E-state index contributed by atoms with van der Waals surface area (Å²) in [4.78, 5) is 12.6. The zero-order valence-electron chi connectivity index (χ0n) is 18.3. The molecule has 0 atom stereocenters. The summed E-state index contributed by atoms with van der Waals surface area (Å²) in [6.07, 6.45) is 3.06. The van der Waals surface area contributed by atoms with Gasteiger partial charge in [-0.05, 0) is 62.1 Å². The zero-order chi connectivity index (χ0) is 22.1. The zero-order valence-corrected chi connectivity index (χ0v) is 19.1. The van der Waals surface area contributed by atoms with Crippen LogP contribution in [0.5, 0.6) is 11.5 Å². The van der Waals surface area contributed by atoms with Crippen LogP contribution in [0.3, 0.4) is 0 Å². The van der Waals surface area contributed by atoms with Crippen molar-refractivity contribution in [3.63, 3.8) is 0 Å². The first-order chi connectivity index (χ1) is 15.6. The predicted molar refractivity (Wildman–Crippen MR) is 125 cm³/mol. The minimum absolute atomic E-state index is 0.0498. The maximum Gasteiger partial charge on any atom is 0.234 e. The van der Waals surface area contributed by atoms with E-state index >= 15 is 0 Å². The van der Waals surface area contributed by atoms with Crippen LogP contribution in [0.25, 0.3) is 11.4 Å². The smallest absolute Gasteiger partial charge is 0.234 e. The van der Waals surface area contributed by atoms with Crippen LogP contribution < -0.4 is 14.8 Å². The molecule has 7 nitrogen and oxygen atoms in total. The number of amides is 1. The molecule has 166 valence electrons. The lowest BCUT2D eigenvalue weighted by molar-refractivity contribution is -0.113. The molecule has 0 bridgehead atoms. The van der Waals surface area contributed by atoms with E-state index in [1.54, 1.807) is 0 Å². The highest BCUT2D eigenvalue weighted by atomic mass is 32.2. The number of carbonyl (C=O) groups excluding carboxylic acids is 1. The van der Waals surface area contributed by atoms with Crippen molar-refractivity contribution < 1.29 is 14.3 Å². The Bertz CT molecular complexity index is 1160. The van der Waals surface area contributed by atoms with E-state index in [0.717, 1.165) is 64.1 Å². The number of thioether (sulfide) groups is 1. The van der Waals surface area contributed by atoms with Gasteiger partial charge in [-0.15, -0.1) is 10.2 Å². The van der Waals surface area contributed by atoms with Gasteiger partial charge < -0.3 is 14.8 Å². The van der Waals surface area contributed by atoms with Gasteiger partial charge in [-0.3, -0.25) is 9.36 Å². The van der Waals surface area contributed by atoms with Crippen LogP contribution in [0.4, 0.5) is 5.69 Å². The molecule has 8 heteroatoms. The van der Waals surface area contributed by atoms with Gasteiger partial charge in [0.2, 0.25) is 5.91 Å². The number of benzene rings is 2. The van der Waals surface area contributed by atoms with Gasteiger partial charge in [0.15, 0.2) is 22.5 Å². The third kappa shape index (κ3) is 4.46. The van der Waals surface area contributed by atoms with E-state index in [0.29, 0.717) is 19.3 Å². The first-order valence-corrected chi connectivity index (χ1v) is 11.9. The van der Waals surface area contributed by atoms with E-state index in [-0.39, 0.29) is 11.7 Å². The first-order valence-electron chi connectivity index (χ1n) is 10.9. The Morgan fingerprint density at radius 2 is 1.91 bits per heavy atom. The number of carbonyl (C=O) groups is 1. The predicted octanol–water partition coefficient (Wildman–Crippen LogP) is 4.79. The largest absolute Gasteiger partial charge is 0.490 e. The van der Waals surface area contributed by atoms with Gasteiger partial charge >= 0.3 is 0 Å². The van der Waals surface area contributed by atoms with E-state index < -0.39 is 0 Å². The molecule has 1 saturated carbocycles. The van der Waals surface area contributed by atoms with Crippen molar-refractivity contribution in [2.45, 2.75) is 44.3 Å². The third-order valence-electron chi connectivity index (χ3n) is 5.58. The first kappa shape index (κ1) is 20.9. The minimum Gasteiger partial charge on any atom is -0.490 e. The van der Waals surface area contributed by atoms with Crippen molar-refractivity contribution in [3.05, 3.63) is 47.5 Å². The second kappa shape index (κ2) is 8.86. The highest BCUT2D eigenvalue weighted by molar-refractivity contribution is 7.99. The number of hydrogen-bond acceptors (Lipinski definition) is 6. The molecular formula is C24H26N4O3S. The molecule has 0 unspecified atom stereocenters. The molecule has 0 saturated heterocycles. The van der Waals surface area contributed by atoms with Crippen molar-refractivity contribution in [1.29, 1.82) is 0 Å². The summed E-state index contributed by atoms with van der Waals surface area (Å²) >= 11 is 1.42. The maximum absolute atomic E-state index is 12.6. The van der Waals surface area contributed by atoms with Crippen LogP contribution >= 0.6 is 11.8 Å². The summed E-state index contributed by atoms with van der Waals surface area (Å²) in [7, 11) is 0. The molecule has 32 heavy (non-hydrogen) atoms. The highest BCUT2D eigenvalue weighted by Gasteiger charge is 2.30. The van der Waals surface area contributed by atoms with Gasteiger partial charge in [0.05, 0.1) is 19.0 Å². The van der Waals surface area contributed by atoms with Gasteiger partial charge in [0.25, 0.3) is 0 Å². The molecule has 2 heterocycles. The van der Waals surface area contributed by atoms with Gasteiger partial charge in [-0.25, -0.2) is 0 Å². The van der Waals surface area contributed by atoms with E-state index in [2.05, 4.69) is 20.1 Å². The number of fused-ring (bicyclic) bond motifs is 1. The van der Waals surface area contributed by atoms with Crippen LogP contribution in [0, 0.1) is 13.8 Å².